The summed E-state index contributed by atoms with van der Waals surface area (Å²) < 4.78 is 1.39. The molecule has 2 rings (SSSR count). The van der Waals surface area contributed by atoms with Crippen LogP contribution in [0.4, 0.5) is 0 Å². The molecule has 2 aromatic heterocycles. The second kappa shape index (κ2) is 6.62. The summed E-state index contributed by atoms with van der Waals surface area (Å²) in [6.45, 7) is 0.725. The van der Waals surface area contributed by atoms with Crippen molar-refractivity contribution in [3.8, 4) is 0 Å². The number of fused-ring (bicyclic) bond motifs is 1. The third kappa shape index (κ3) is 3.05. The number of carbonyl (C=O) groups is 1. The SMILES string of the molecule is CN(CCCCCO)C(=O)c1cnc2sccn2c1=O. The van der Waals surface area contributed by atoms with E-state index >= 15 is 0 Å². The highest BCUT2D eigenvalue weighted by Crippen LogP contribution is 2.07. The van der Waals surface area contributed by atoms with E-state index in [2.05, 4.69) is 4.98 Å². The molecule has 2 aromatic rings. The molecule has 2 heterocycles. The predicted octanol–water partition coefficient (Wildman–Crippen LogP) is 0.991. The predicted molar refractivity (Wildman–Crippen MR) is 77.2 cm³/mol. The number of aliphatic hydroxyl groups excluding tert-OH is 1. The van der Waals surface area contributed by atoms with Gasteiger partial charge in [-0.1, -0.05) is 0 Å². The number of amides is 1. The highest BCUT2D eigenvalue weighted by atomic mass is 32.1. The van der Waals surface area contributed by atoms with Crippen molar-refractivity contribution in [2.24, 2.45) is 0 Å². The van der Waals surface area contributed by atoms with E-state index in [-0.39, 0.29) is 23.6 Å². The zero-order valence-corrected chi connectivity index (χ0v) is 12.1. The van der Waals surface area contributed by atoms with Gasteiger partial charge in [-0.3, -0.25) is 14.0 Å². The van der Waals surface area contributed by atoms with Crippen LogP contribution in [0.5, 0.6) is 0 Å². The minimum absolute atomic E-state index is 0.0885. The fourth-order valence-electron chi connectivity index (χ4n) is 1.92. The second-order valence-electron chi connectivity index (χ2n) is 4.54. The molecular weight excluding hydrogens is 278 g/mol. The lowest BCUT2D eigenvalue weighted by atomic mass is 10.2. The fourth-order valence-corrected chi connectivity index (χ4v) is 2.59. The molecule has 0 unspecified atom stereocenters. The summed E-state index contributed by atoms with van der Waals surface area (Å²) in [7, 11) is 1.67. The van der Waals surface area contributed by atoms with Gasteiger partial charge in [-0.25, -0.2) is 4.98 Å². The van der Waals surface area contributed by atoms with Crippen LogP contribution in [0.1, 0.15) is 29.6 Å². The average molecular weight is 295 g/mol. The van der Waals surface area contributed by atoms with Crippen LogP contribution < -0.4 is 5.56 Å². The zero-order chi connectivity index (χ0) is 14.5. The van der Waals surface area contributed by atoms with E-state index in [0.29, 0.717) is 11.5 Å². The zero-order valence-electron chi connectivity index (χ0n) is 11.3. The van der Waals surface area contributed by atoms with Gasteiger partial charge in [0.25, 0.3) is 11.5 Å². The summed E-state index contributed by atoms with van der Waals surface area (Å²) in [5.74, 6) is -0.313. The average Bonchev–Trinajstić information content (AvgIpc) is 2.92. The Kier molecular flexibility index (Phi) is 4.86. The van der Waals surface area contributed by atoms with Crippen LogP contribution in [0.2, 0.25) is 0 Å². The van der Waals surface area contributed by atoms with E-state index in [9.17, 15) is 9.59 Å². The number of carbonyl (C=O) groups excluding carboxylic acids is 1. The number of aliphatic hydroxyl groups is 1. The monoisotopic (exact) mass is 295 g/mol. The molecule has 1 amide bonds. The number of nitrogens with zero attached hydrogens (tertiary/aromatic N) is 3. The number of hydrogen-bond donors (Lipinski definition) is 1. The maximum atomic E-state index is 12.2. The van der Waals surface area contributed by atoms with Crippen LogP contribution in [-0.2, 0) is 0 Å². The summed E-state index contributed by atoms with van der Waals surface area (Å²) in [6, 6.07) is 0. The van der Waals surface area contributed by atoms with Gasteiger partial charge >= 0.3 is 0 Å². The van der Waals surface area contributed by atoms with Gasteiger partial charge < -0.3 is 10.0 Å². The van der Waals surface area contributed by atoms with Crippen molar-refractivity contribution in [3.63, 3.8) is 0 Å². The van der Waals surface area contributed by atoms with Crippen molar-refractivity contribution in [3.05, 3.63) is 33.7 Å². The smallest absolute Gasteiger partial charge is 0.271 e. The Morgan fingerprint density at radius 2 is 2.25 bits per heavy atom. The normalized spacial score (nSPS) is 10.9. The molecule has 0 aliphatic heterocycles. The van der Waals surface area contributed by atoms with Crippen LogP contribution >= 0.6 is 11.3 Å². The van der Waals surface area contributed by atoms with Crippen molar-refractivity contribution < 1.29 is 9.90 Å². The lowest BCUT2D eigenvalue weighted by molar-refractivity contribution is 0.0790. The topological polar surface area (TPSA) is 74.9 Å². The molecular formula is C13H17N3O3S. The largest absolute Gasteiger partial charge is 0.396 e. The van der Waals surface area contributed by atoms with Crippen molar-refractivity contribution in [2.75, 3.05) is 20.2 Å². The number of unbranched alkanes of at least 4 members (excludes halogenated alkanes) is 2. The van der Waals surface area contributed by atoms with E-state index < -0.39 is 0 Å². The summed E-state index contributed by atoms with van der Waals surface area (Å²) in [6.07, 6.45) is 5.36. The number of aromatic nitrogens is 2. The molecule has 7 heteroatoms. The Bertz CT molecular complexity index is 650. The minimum Gasteiger partial charge on any atom is -0.396 e. The van der Waals surface area contributed by atoms with Gasteiger partial charge in [0, 0.05) is 38.0 Å². The first kappa shape index (κ1) is 14.7. The lowest BCUT2D eigenvalue weighted by Gasteiger charge is -2.16. The van der Waals surface area contributed by atoms with Crippen molar-refractivity contribution in [1.29, 1.82) is 0 Å². The quantitative estimate of drug-likeness (QED) is 0.806. The van der Waals surface area contributed by atoms with Gasteiger partial charge in [-0.2, -0.15) is 0 Å². The first-order valence-corrected chi connectivity index (χ1v) is 7.34. The summed E-state index contributed by atoms with van der Waals surface area (Å²) in [5, 5.41) is 10.5. The minimum atomic E-state index is -0.330. The van der Waals surface area contributed by atoms with E-state index in [1.165, 1.54) is 26.8 Å². The maximum absolute atomic E-state index is 12.2. The molecule has 0 atom stereocenters. The Balaban J connectivity index is 2.10. The second-order valence-corrected chi connectivity index (χ2v) is 5.42. The van der Waals surface area contributed by atoms with Crippen LogP contribution in [0, 0.1) is 0 Å². The Morgan fingerprint density at radius 1 is 1.45 bits per heavy atom. The molecule has 0 bridgehead atoms. The highest BCUT2D eigenvalue weighted by molar-refractivity contribution is 7.15. The standard InChI is InChI=1S/C13H17N3O3S/c1-15(5-3-2-4-7-17)11(18)10-9-14-13-16(12(10)19)6-8-20-13/h6,8-9,17H,2-5,7H2,1H3. The number of thiazole rings is 1. The lowest BCUT2D eigenvalue weighted by Crippen LogP contribution is -2.33. The Hall–Kier alpha value is -1.73. The molecule has 20 heavy (non-hydrogen) atoms. The molecule has 0 fully saturated rings. The van der Waals surface area contributed by atoms with Crippen LogP contribution in [0.3, 0.4) is 0 Å². The molecule has 0 saturated carbocycles. The summed E-state index contributed by atoms with van der Waals surface area (Å²) >= 11 is 1.35. The fraction of sp³-hybridized carbons (Fsp3) is 0.462. The van der Waals surface area contributed by atoms with Gasteiger partial charge in [-0.05, 0) is 19.3 Å². The number of rotatable bonds is 6. The van der Waals surface area contributed by atoms with Crippen LogP contribution in [0.15, 0.2) is 22.6 Å². The molecule has 0 radical (unpaired) electrons. The molecule has 0 aliphatic carbocycles. The van der Waals surface area contributed by atoms with Crippen molar-refractivity contribution >= 4 is 22.2 Å². The molecule has 0 saturated heterocycles. The molecule has 1 N–H and O–H groups in total. The molecule has 0 aliphatic rings. The van der Waals surface area contributed by atoms with Gasteiger partial charge in [0.2, 0.25) is 0 Å². The summed E-state index contributed by atoms with van der Waals surface area (Å²) in [4.78, 5) is 30.6. The van der Waals surface area contributed by atoms with Crippen molar-refractivity contribution in [2.45, 2.75) is 19.3 Å². The van der Waals surface area contributed by atoms with Gasteiger partial charge in [0.05, 0.1) is 0 Å². The van der Waals surface area contributed by atoms with E-state index in [1.807, 2.05) is 0 Å². The first-order chi connectivity index (χ1) is 9.65. The third-order valence-electron chi connectivity index (χ3n) is 3.07. The van der Waals surface area contributed by atoms with Crippen molar-refractivity contribution in [1.82, 2.24) is 14.3 Å². The van der Waals surface area contributed by atoms with Gasteiger partial charge in [0.1, 0.15) is 5.56 Å². The van der Waals surface area contributed by atoms with Gasteiger partial charge in [-0.15, -0.1) is 11.3 Å². The highest BCUT2D eigenvalue weighted by Gasteiger charge is 2.17. The molecule has 0 aromatic carbocycles. The van der Waals surface area contributed by atoms with E-state index in [0.717, 1.165) is 19.3 Å². The number of hydrogen-bond acceptors (Lipinski definition) is 5. The van der Waals surface area contributed by atoms with E-state index in [4.69, 9.17) is 5.11 Å². The molecule has 108 valence electrons. The third-order valence-corrected chi connectivity index (χ3v) is 3.84. The summed E-state index contributed by atoms with van der Waals surface area (Å²) in [5.41, 5.74) is -0.242. The Morgan fingerprint density at radius 3 is 3.00 bits per heavy atom. The van der Waals surface area contributed by atoms with Gasteiger partial charge in [0.15, 0.2) is 4.96 Å². The first-order valence-electron chi connectivity index (χ1n) is 6.46. The van der Waals surface area contributed by atoms with Crippen LogP contribution in [-0.4, -0.2) is 45.5 Å². The van der Waals surface area contributed by atoms with Crippen LogP contribution in [0.25, 0.3) is 4.96 Å². The Labute approximate surface area is 120 Å². The van der Waals surface area contributed by atoms with E-state index in [1.54, 1.807) is 18.6 Å². The molecule has 6 nitrogen and oxygen atoms in total. The molecule has 0 spiro atoms. The maximum Gasteiger partial charge on any atom is 0.271 e.